The molecule has 0 aliphatic carbocycles. The van der Waals surface area contributed by atoms with Crippen molar-refractivity contribution in [1.82, 2.24) is 19.9 Å². The van der Waals surface area contributed by atoms with Crippen LogP contribution in [0.2, 0.25) is 0 Å². The van der Waals surface area contributed by atoms with Crippen molar-refractivity contribution in [3.8, 4) is 22.3 Å². The second kappa shape index (κ2) is 7.09. The van der Waals surface area contributed by atoms with Gasteiger partial charge in [0.05, 0.1) is 0 Å². The van der Waals surface area contributed by atoms with Crippen LogP contribution in [-0.4, -0.2) is 53.1 Å². The van der Waals surface area contributed by atoms with Crippen molar-refractivity contribution in [2.75, 3.05) is 38.1 Å². The molecule has 1 aliphatic heterocycles. The fourth-order valence-corrected chi connectivity index (χ4v) is 3.83. The summed E-state index contributed by atoms with van der Waals surface area (Å²) >= 11 is 0. The zero-order valence-corrected chi connectivity index (χ0v) is 16.0. The van der Waals surface area contributed by atoms with E-state index in [0.29, 0.717) is 0 Å². The number of anilines is 1. The van der Waals surface area contributed by atoms with Gasteiger partial charge in [0, 0.05) is 61.3 Å². The molecule has 5 heteroatoms. The molecule has 0 atom stereocenters. The minimum atomic E-state index is 0.910. The molecule has 1 aromatic carbocycles. The normalized spacial score (nSPS) is 15.2. The Labute approximate surface area is 164 Å². The van der Waals surface area contributed by atoms with Crippen LogP contribution in [0.3, 0.4) is 0 Å². The van der Waals surface area contributed by atoms with Gasteiger partial charge >= 0.3 is 0 Å². The molecule has 5 nitrogen and oxygen atoms in total. The monoisotopic (exact) mass is 369 g/mol. The molecule has 3 aromatic heterocycles. The van der Waals surface area contributed by atoms with Crippen molar-refractivity contribution in [3.05, 3.63) is 67.1 Å². The lowest BCUT2D eigenvalue weighted by Gasteiger charge is -2.33. The van der Waals surface area contributed by atoms with Crippen molar-refractivity contribution in [1.29, 1.82) is 0 Å². The van der Waals surface area contributed by atoms with E-state index >= 15 is 0 Å². The lowest BCUT2D eigenvalue weighted by Crippen LogP contribution is -2.44. The Balaban J connectivity index is 1.53. The highest BCUT2D eigenvalue weighted by Gasteiger charge is 2.16. The van der Waals surface area contributed by atoms with Crippen LogP contribution >= 0.6 is 0 Å². The molecule has 0 radical (unpaired) electrons. The van der Waals surface area contributed by atoms with Gasteiger partial charge in [0.1, 0.15) is 11.5 Å². The first-order chi connectivity index (χ1) is 13.8. The third kappa shape index (κ3) is 3.14. The largest absolute Gasteiger partial charge is 0.354 e. The van der Waals surface area contributed by atoms with Crippen LogP contribution in [-0.2, 0) is 0 Å². The summed E-state index contributed by atoms with van der Waals surface area (Å²) in [6.45, 7) is 4.17. The molecule has 0 bridgehead atoms. The zero-order valence-electron chi connectivity index (χ0n) is 16.0. The molecule has 140 valence electrons. The molecule has 1 fully saturated rings. The van der Waals surface area contributed by atoms with Crippen LogP contribution in [0.4, 0.5) is 5.82 Å². The summed E-state index contributed by atoms with van der Waals surface area (Å²) in [5, 5.41) is 1.14. The lowest BCUT2D eigenvalue weighted by molar-refractivity contribution is 0.312. The van der Waals surface area contributed by atoms with Crippen molar-refractivity contribution >= 4 is 16.9 Å². The quantitative estimate of drug-likeness (QED) is 0.592. The van der Waals surface area contributed by atoms with E-state index in [1.54, 1.807) is 0 Å². The summed E-state index contributed by atoms with van der Waals surface area (Å²) in [7, 11) is 2.17. The summed E-state index contributed by atoms with van der Waals surface area (Å²) < 4.78 is 0. The highest BCUT2D eigenvalue weighted by molar-refractivity contribution is 5.96. The first-order valence-electron chi connectivity index (χ1n) is 9.70. The molecule has 4 heterocycles. The van der Waals surface area contributed by atoms with Gasteiger partial charge in [-0.3, -0.25) is 0 Å². The summed E-state index contributed by atoms with van der Waals surface area (Å²) in [6.07, 6.45) is 5.89. The van der Waals surface area contributed by atoms with Gasteiger partial charge in [-0.15, -0.1) is 0 Å². The van der Waals surface area contributed by atoms with Gasteiger partial charge in [-0.1, -0.05) is 30.3 Å². The first-order valence-corrected chi connectivity index (χ1v) is 9.70. The highest BCUT2D eigenvalue weighted by Crippen LogP contribution is 2.32. The minimum Gasteiger partial charge on any atom is -0.354 e. The number of nitrogens with one attached hydrogen (secondary N) is 1. The third-order valence-corrected chi connectivity index (χ3v) is 5.52. The van der Waals surface area contributed by atoms with Gasteiger partial charge in [-0.25, -0.2) is 9.97 Å². The van der Waals surface area contributed by atoms with E-state index < -0.39 is 0 Å². The van der Waals surface area contributed by atoms with Gasteiger partial charge in [-0.05, 0) is 36.4 Å². The van der Waals surface area contributed by atoms with Crippen molar-refractivity contribution < 1.29 is 0 Å². The standard InChI is InChI=1S/C23H23N5/c1-27-9-11-28(12-10-27)22-14-18(7-8-24-22)21-16-26-23-20(21)13-19(15-25-23)17-5-3-2-4-6-17/h2-8,13-16H,9-12H2,1H3,(H,25,26). The number of hydrogen-bond acceptors (Lipinski definition) is 4. The third-order valence-electron chi connectivity index (χ3n) is 5.52. The van der Waals surface area contributed by atoms with E-state index in [9.17, 15) is 0 Å². The van der Waals surface area contributed by atoms with Crippen molar-refractivity contribution in [3.63, 3.8) is 0 Å². The maximum absolute atomic E-state index is 4.64. The lowest BCUT2D eigenvalue weighted by atomic mass is 10.0. The predicted octanol–water partition coefficient (Wildman–Crippen LogP) is 4.04. The van der Waals surface area contributed by atoms with Crippen molar-refractivity contribution in [2.24, 2.45) is 0 Å². The van der Waals surface area contributed by atoms with Crippen LogP contribution in [0.1, 0.15) is 0 Å². The number of nitrogens with zero attached hydrogens (tertiary/aromatic N) is 4. The Morgan fingerprint density at radius 1 is 0.857 bits per heavy atom. The fourth-order valence-electron chi connectivity index (χ4n) is 3.83. The van der Waals surface area contributed by atoms with Crippen LogP contribution in [0.25, 0.3) is 33.3 Å². The molecule has 1 N–H and O–H groups in total. The van der Waals surface area contributed by atoms with E-state index in [1.807, 2.05) is 18.5 Å². The minimum absolute atomic E-state index is 0.910. The first kappa shape index (κ1) is 17.0. The number of aromatic amines is 1. The van der Waals surface area contributed by atoms with Crippen LogP contribution in [0.15, 0.2) is 67.1 Å². The topological polar surface area (TPSA) is 48.0 Å². The van der Waals surface area contributed by atoms with Crippen LogP contribution in [0.5, 0.6) is 0 Å². The van der Waals surface area contributed by atoms with Gasteiger partial charge < -0.3 is 14.8 Å². The van der Waals surface area contributed by atoms with Gasteiger partial charge in [0.2, 0.25) is 0 Å². The number of likely N-dealkylation sites (N-methyl/N-ethyl adjacent to an activating group) is 1. The average Bonchev–Trinajstić information content (AvgIpc) is 3.18. The Hall–Kier alpha value is -3.18. The molecule has 0 unspecified atom stereocenters. The molecule has 1 aliphatic rings. The van der Waals surface area contributed by atoms with E-state index in [2.05, 4.69) is 80.5 Å². The second-order valence-corrected chi connectivity index (χ2v) is 7.38. The fraction of sp³-hybridized carbons (Fsp3) is 0.217. The number of aromatic nitrogens is 3. The zero-order chi connectivity index (χ0) is 18.9. The SMILES string of the molecule is CN1CCN(c2cc(-c3c[nH]c4ncc(-c5ccccc5)cc34)ccn2)CC1. The molecule has 5 rings (SSSR count). The summed E-state index contributed by atoms with van der Waals surface area (Å²) in [4.78, 5) is 17.3. The van der Waals surface area contributed by atoms with Crippen molar-refractivity contribution in [2.45, 2.75) is 0 Å². The Kier molecular flexibility index (Phi) is 4.29. The number of piperazine rings is 1. The molecular weight excluding hydrogens is 346 g/mol. The molecule has 0 saturated carbocycles. The average molecular weight is 369 g/mol. The number of rotatable bonds is 3. The summed E-state index contributed by atoms with van der Waals surface area (Å²) in [5.41, 5.74) is 5.55. The van der Waals surface area contributed by atoms with E-state index in [0.717, 1.165) is 54.2 Å². The van der Waals surface area contributed by atoms with Crippen LogP contribution in [0, 0.1) is 0 Å². The number of pyridine rings is 2. The highest BCUT2D eigenvalue weighted by atomic mass is 15.3. The van der Waals surface area contributed by atoms with Crippen LogP contribution < -0.4 is 4.90 Å². The van der Waals surface area contributed by atoms with Gasteiger partial charge in [0.15, 0.2) is 0 Å². The Morgan fingerprint density at radius 2 is 1.68 bits per heavy atom. The second-order valence-electron chi connectivity index (χ2n) is 7.38. The maximum atomic E-state index is 4.64. The molecule has 28 heavy (non-hydrogen) atoms. The summed E-state index contributed by atoms with van der Waals surface area (Å²) in [5.74, 6) is 1.05. The molecule has 0 amide bonds. The van der Waals surface area contributed by atoms with Gasteiger partial charge in [-0.2, -0.15) is 0 Å². The van der Waals surface area contributed by atoms with E-state index in [-0.39, 0.29) is 0 Å². The Bertz CT molecular complexity index is 1090. The van der Waals surface area contributed by atoms with Gasteiger partial charge in [0.25, 0.3) is 0 Å². The molecule has 0 spiro atoms. The smallest absolute Gasteiger partial charge is 0.137 e. The number of fused-ring (bicyclic) bond motifs is 1. The number of benzene rings is 1. The molecule has 1 saturated heterocycles. The molecule has 4 aromatic rings. The number of hydrogen-bond donors (Lipinski definition) is 1. The number of H-pyrrole nitrogens is 1. The predicted molar refractivity (Wildman–Crippen MR) is 114 cm³/mol. The van der Waals surface area contributed by atoms with E-state index in [1.165, 1.54) is 11.1 Å². The van der Waals surface area contributed by atoms with E-state index in [4.69, 9.17) is 0 Å². The molecular formula is C23H23N5. The maximum Gasteiger partial charge on any atom is 0.137 e. The Morgan fingerprint density at radius 3 is 2.50 bits per heavy atom. The summed E-state index contributed by atoms with van der Waals surface area (Å²) in [6, 6.07) is 16.9.